The van der Waals surface area contributed by atoms with Crippen molar-refractivity contribution < 1.29 is 4.79 Å². The van der Waals surface area contributed by atoms with Crippen LogP contribution in [0.1, 0.15) is 0 Å². The summed E-state index contributed by atoms with van der Waals surface area (Å²) in [4.78, 5) is 17.4. The molecule has 0 atom stereocenters. The summed E-state index contributed by atoms with van der Waals surface area (Å²) in [5.74, 6) is 0. The molecule has 0 aliphatic rings. The van der Waals surface area contributed by atoms with E-state index in [1.54, 1.807) is 6.07 Å². The van der Waals surface area contributed by atoms with Crippen molar-refractivity contribution in [3.63, 3.8) is 0 Å². The van der Waals surface area contributed by atoms with E-state index in [0.29, 0.717) is 5.13 Å². The Labute approximate surface area is 72.4 Å². The average molecular weight is 175 g/mol. The highest BCUT2D eigenvalue weighted by Gasteiger charge is 1.99. The third-order valence-corrected chi connectivity index (χ3v) is 2.27. The summed E-state index contributed by atoms with van der Waals surface area (Å²) >= 11 is 1.35. The zero-order valence-corrected chi connectivity index (χ0v) is 6.76. The van der Waals surface area contributed by atoms with E-state index in [4.69, 9.17) is 0 Å². The molecular weight excluding hydrogens is 172 g/mol. The molecule has 0 aliphatic carbocycles. The maximum absolute atomic E-state index is 9.92. The fraction of sp³-hybridized carbons (Fsp3) is 0. The van der Waals surface area contributed by atoms with Gasteiger partial charge in [-0.25, -0.2) is 9.78 Å². The molecular formula is C8H3N2OS. The molecule has 0 spiro atoms. The minimum Gasteiger partial charge on any atom is -0.218 e. The third kappa shape index (κ3) is 1.13. The Morgan fingerprint density at radius 1 is 1.67 bits per heavy atom. The lowest BCUT2D eigenvalue weighted by molar-refractivity contribution is 0.565. The molecule has 0 bridgehead atoms. The molecule has 12 heavy (non-hydrogen) atoms. The van der Waals surface area contributed by atoms with Crippen molar-refractivity contribution >= 4 is 32.8 Å². The van der Waals surface area contributed by atoms with Gasteiger partial charge < -0.3 is 0 Å². The quantitative estimate of drug-likeness (QED) is 0.491. The first-order valence-electron chi connectivity index (χ1n) is 3.24. The molecule has 0 amide bonds. The zero-order chi connectivity index (χ0) is 8.39. The van der Waals surface area contributed by atoms with Crippen LogP contribution < -0.4 is 0 Å². The SMILES string of the molecule is O=C=Nc1nc2cc[c]cc2s1. The second kappa shape index (κ2) is 2.85. The lowest BCUT2D eigenvalue weighted by Gasteiger charge is -1.79. The first-order valence-corrected chi connectivity index (χ1v) is 4.06. The normalized spacial score (nSPS) is 9.67. The Balaban J connectivity index is 2.69. The average Bonchev–Trinajstić information content (AvgIpc) is 2.47. The monoisotopic (exact) mass is 175 g/mol. The van der Waals surface area contributed by atoms with Crippen LogP contribution in [0, 0.1) is 6.07 Å². The van der Waals surface area contributed by atoms with Crippen molar-refractivity contribution in [1.29, 1.82) is 0 Å². The van der Waals surface area contributed by atoms with Crippen molar-refractivity contribution in [1.82, 2.24) is 4.98 Å². The Morgan fingerprint density at radius 3 is 3.33 bits per heavy atom. The molecule has 0 N–H and O–H groups in total. The van der Waals surface area contributed by atoms with Gasteiger partial charge in [-0.2, -0.15) is 0 Å². The first-order chi connectivity index (χ1) is 5.90. The summed E-state index contributed by atoms with van der Waals surface area (Å²) in [6, 6.07) is 8.34. The van der Waals surface area contributed by atoms with Crippen molar-refractivity contribution in [3.05, 3.63) is 24.3 Å². The van der Waals surface area contributed by atoms with E-state index in [0.717, 1.165) is 10.2 Å². The standard InChI is InChI=1S/C8H3N2OS/c11-5-9-8-10-6-3-1-2-4-7(6)12-8/h1,3-4H. The molecule has 3 nitrogen and oxygen atoms in total. The summed E-state index contributed by atoms with van der Waals surface area (Å²) in [5, 5.41) is 0.444. The maximum atomic E-state index is 9.92. The number of hydrogen-bond acceptors (Lipinski definition) is 4. The van der Waals surface area contributed by atoms with Crippen LogP contribution in [0.25, 0.3) is 10.2 Å². The Kier molecular flexibility index (Phi) is 1.70. The molecule has 2 rings (SSSR count). The number of carbonyl (C=O) groups excluding carboxylic acids is 1. The number of isocyanates is 1. The largest absolute Gasteiger partial charge is 0.242 e. The fourth-order valence-corrected chi connectivity index (χ4v) is 1.66. The second-order valence-electron chi connectivity index (χ2n) is 2.09. The minimum atomic E-state index is 0.444. The van der Waals surface area contributed by atoms with Crippen molar-refractivity contribution in [2.45, 2.75) is 0 Å². The lowest BCUT2D eigenvalue weighted by Crippen LogP contribution is -1.63. The van der Waals surface area contributed by atoms with E-state index in [9.17, 15) is 4.79 Å². The predicted molar refractivity (Wildman–Crippen MR) is 46.2 cm³/mol. The molecule has 1 aromatic heterocycles. The lowest BCUT2D eigenvalue weighted by atomic mass is 10.3. The van der Waals surface area contributed by atoms with Gasteiger partial charge in [-0.3, -0.25) is 0 Å². The second-order valence-corrected chi connectivity index (χ2v) is 3.10. The van der Waals surface area contributed by atoms with Crippen LogP contribution in [-0.4, -0.2) is 11.1 Å². The number of aromatic nitrogens is 1. The van der Waals surface area contributed by atoms with Crippen molar-refractivity contribution in [2.24, 2.45) is 4.99 Å². The van der Waals surface area contributed by atoms with Gasteiger partial charge >= 0.3 is 0 Å². The number of hydrogen-bond donors (Lipinski definition) is 0. The molecule has 4 heteroatoms. The van der Waals surface area contributed by atoms with Gasteiger partial charge in [-0.05, 0) is 18.2 Å². The van der Waals surface area contributed by atoms with Crippen LogP contribution >= 0.6 is 11.3 Å². The molecule has 0 saturated carbocycles. The van der Waals surface area contributed by atoms with Gasteiger partial charge in [0.1, 0.15) is 0 Å². The summed E-state index contributed by atoms with van der Waals surface area (Å²) in [7, 11) is 0. The highest BCUT2D eigenvalue weighted by atomic mass is 32.1. The van der Waals surface area contributed by atoms with Gasteiger partial charge in [-0.1, -0.05) is 17.4 Å². The third-order valence-electron chi connectivity index (χ3n) is 1.36. The molecule has 2 aromatic rings. The molecule has 0 fully saturated rings. The van der Waals surface area contributed by atoms with Crippen LogP contribution in [0.5, 0.6) is 0 Å². The Bertz CT molecular complexity index is 424. The smallest absolute Gasteiger partial charge is 0.218 e. The zero-order valence-electron chi connectivity index (χ0n) is 5.94. The van der Waals surface area contributed by atoms with Crippen LogP contribution in [0.4, 0.5) is 5.13 Å². The van der Waals surface area contributed by atoms with E-state index >= 15 is 0 Å². The topological polar surface area (TPSA) is 42.3 Å². The van der Waals surface area contributed by atoms with Crippen LogP contribution in [-0.2, 0) is 4.79 Å². The summed E-state index contributed by atoms with van der Waals surface area (Å²) < 4.78 is 0.978. The van der Waals surface area contributed by atoms with E-state index in [-0.39, 0.29) is 0 Å². The van der Waals surface area contributed by atoms with Gasteiger partial charge in [0.25, 0.3) is 0 Å². The van der Waals surface area contributed by atoms with Gasteiger partial charge in [0.05, 0.1) is 10.2 Å². The van der Waals surface area contributed by atoms with E-state index in [1.807, 2.05) is 12.1 Å². The molecule has 1 radical (unpaired) electrons. The van der Waals surface area contributed by atoms with E-state index < -0.39 is 0 Å². The summed E-state index contributed by atoms with van der Waals surface area (Å²) in [6.07, 6.45) is 1.46. The minimum absolute atomic E-state index is 0.444. The fourth-order valence-electron chi connectivity index (χ4n) is 0.892. The number of nitrogens with zero attached hydrogens (tertiary/aromatic N) is 2. The summed E-state index contributed by atoms with van der Waals surface area (Å²) in [5.41, 5.74) is 0.841. The summed E-state index contributed by atoms with van der Waals surface area (Å²) in [6.45, 7) is 0. The number of thiazole rings is 1. The Morgan fingerprint density at radius 2 is 2.58 bits per heavy atom. The van der Waals surface area contributed by atoms with Crippen molar-refractivity contribution in [2.75, 3.05) is 0 Å². The van der Waals surface area contributed by atoms with Gasteiger partial charge in [0, 0.05) is 0 Å². The maximum Gasteiger partial charge on any atom is 0.242 e. The number of fused-ring (bicyclic) bond motifs is 1. The van der Waals surface area contributed by atoms with Crippen LogP contribution in [0.3, 0.4) is 0 Å². The molecule has 0 saturated heterocycles. The van der Waals surface area contributed by atoms with Crippen LogP contribution in [0.15, 0.2) is 23.2 Å². The Hall–Kier alpha value is -1.51. The highest BCUT2D eigenvalue weighted by Crippen LogP contribution is 2.26. The van der Waals surface area contributed by atoms with Crippen molar-refractivity contribution in [3.8, 4) is 0 Å². The molecule has 1 heterocycles. The molecule has 57 valence electrons. The van der Waals surface area contributed by atoms with E-state index in [1.165, 1.54) is 17.4 Å². The van der Waals surface area contributed by atoms with Gasteiger partial charge in [0.2, 0.25) is 11.2 Å². The van der Waals surface area contributed by atoms with Gasteiger partial charge in [0.15, 0.2) is 0 Å². The van der Waals surface area contributed by atoms with Crippen LogP contribution in [0.2, 0.25) is 0 Å². The predicted octanol–water partition coefficient (Wildman–Crippen LogP) is 2.06. The first kappa shape index (κ1) is 7.16. The van der Waals surface area contributed by atoms with E-state index in [2.05, 4.69) is 16.0 Å². The van der Waals surface area contributed by atoms with Gasteiger partial charge in [-0.15, -0.1) is 4.99 Å². The number of benzene rings is 1. The number of aliphatic imine (C=N–C) groups is 1. The highest BCUT2D eigenvalue weighted by molar-refractivity contribution is 7.21. The molecule has 0 unspecified atom stereocenters. The number of rotatable bonds is 1. The molecule has 1 aromatic carbocycles. The molecule has 0 aliphatic heterocycles.